The standard InChI is InChI=1S/C27H41N5O5/c1-16(2)20(21(33)25(36)30-19-10-8-7-9-11-19)31-23(34)17(3)29-26(37)22(27(4,5)6)32-24(35)18-12-14-28-15-13-18/h12-17,19-20,22H,7-11H2,1-6H3,(H,29,37)(H,30,36)(H,31,34)(H,32,35)/t17-,20-,22+/m0/s1. The summed E-state index contributed by atoms with van der Waals surface area (Å²) >= 11 is 0. The Kier molecular flexibility index (Phi) is 10.8. The predicted molar refractivity (Wildman–Crippen MR) is 139 cm³/mol. The molecule has 0 spiro atoms. The number of aromatic nitrogens is 1. The van der Waals surface area contributed by atoms with Crippen LogP contribution in [0.1, 0.15) is 84.0 Å². The van der Waals surface area contributed by atoms with E-state index in [-0.39, 0.29) is 12.0 Å². The van der Waals surface area contributed by atoms with Gasteiger partial charge >= 0.3 is 0 Å². The van der Waals surface area contributed by atoms with E-state index in [1.165, 1.54) is 31.5 Å². The SMILES string of the molecule is CC(C)[C@H](NC(=O)[C@H](C)NC(=O)[C@@H](NC(=O)c1ccncc1)C(C)(C)C)C(=O)C(=O)NC1CCCCC1. The predicted octanol–water partition coefficient (Wildman–Crippen LogP) is 1.89. The lowest BCUT2D eigenvalue weighted by molar-refractivity contribution is -0.141. The van der Waals surface area contributed by atoms with Gasteiger partial charge in [-0.05, 0) is 43.2 Å². The Balaban J connectivity index is 2.02. The number of rotatable bonds is 10. The molecule has 0 aliphatic heterocycles. The second-order valence-electron chi connectivity index (χ2n) is 11.1. The minimum Gasteiger partial charge on any atom is -0.347 e. The smallest absolute Gasteiger partial charge is 0.289 e. The van der Waals surface area contributed by atoms with Gasteiger partial charge in [-0.1, -0.05) is 53.9 Å². The van der Waals surface area contributed by atoms with Crippen LogP contribution >= 0.6 is 0 Å². The van der Waals surface area contributed by atoms with Gasteiger partial charge in [-0.3, -0.25) is 29.0 Å². The Labute approximate surface area is 219 Å². The number of pyridine rings is 1. The number of nitrogens with one attached hydrogen (secondary N) is 4. The molecule has 0 unspecified atom stereocenters. The molecule has 0 aromatic carbocycles. The van der Waals surface area contributed by atoms with Crippen molar-refractivity contribution in [1.29, 1.82) is 0 Å². The van der Waals surface area contributed by atoms with Gasteiger partial charge in [0.15, 0.2) is 0 Å². The fraction of sp³-hybridized carbons (Fsp3) is 0.630. The number of hydrogen-bond acceptors (Lipinski definition) is 6. The van der Waals surface area contributed by atoms with Crippen LogP contribution in [-0.2, 0) is 19.2 Å². The van der Waals surface area contributed by atoms with Gasteiger partial charge < -0.3 is 21.3 Å². The third kappa shape index (κ3) is 8.94. The molecule has 10 nitrogen and oxygen atoms in total. The fourth-order valence-corrected chi connectivity index (χ4v) is 4.21. The quantitative estimate of drug-likeness (QED) is 0.350. The maximum atomic E-state index is 13.1. The Morgan fingerprint density at radius 1 is 0.865 bits per heavy atom. The van der Waals surface area contributed by atoms with Crippen molar-refractivity contribution in [1.82, 2.24) is 26.3 Å². The zero-order valence-electron chi connectivity index (χ0n) is 22.7. The molecule has 3 atom stereocenters. The first-order valence-electron chi connectivity index (χ1n) is 13.0. The maximum Gasteiger partial charge on any atom is 0.289 e. The summed E-state index contributed by atoms with van der Waals surface area (Å²) in [6, 6.07) is 0.0780. The van der Waals surface area contributed by atoms with Gasteiger partial charge in [0.2, 0.25) is 17.6 Å². The summed E-state index contributed by atoms with van der Waals surface area (Å²) in [6.45, 7) is 10.4. The molecule has 4 amide bonds. The van der Waals surface area contributed by atoms with Crippen LogP contribution in [0.4, 0.5) is 0 Å². The molecule has 2 rings (SSSR count). The topological polar surface area (TPSA) is 146 Å². The van der Waals surface area contributed by atoms with Gasteiger partial charge in [0.05, 0.1) is 6.04 Å². The molecule has 1 aromatic heterocycles. The van der Waals surface area contributed by atoms with Crippen LogP contribution in [0.3, 0.4) is 0 Å². The molecule has 1 aromatic rings. The van der Waals surface area contributed by atoms with Gasteiger partial charge in [0, 0.05) is 24.0 Å². The van der Waals surface area contributed by atoms with Crippen LogP contribution in [0.5, 0.6) is 0 Å². The van der Waals surface area contributed by atoms with E-state index in [4.69, 9.17) is 0 Å². The third-order valence-electron chi connectivity index (χ3n) is 6.51. The molecule has 1 fully saturated rings. The molecule has 1 aliphatic rings. The normalized spacial score (nSPS) is 16.7. The first-order chi connectivity index (χ1) is 17.3. The molecule has 37 heavy (non-hydrogen) atoms. The van der Waals surface area contributed by atoms with Gasteiger partial charge in [0.1, 0.15) is 12.1 Å². The Morgan fingerprint density at radius 3 is 2.00 bits per heavy atom. The molecule has 204 valence electrons. The first kappa shape index (κ1) is 29.9. The van der Waals surface area contributed by atoms with Crippen LogP contribution in [0, 0.1) is 11.3 Å². The van der Waals surface area contributed by atoms with E-state index in [1.54, 1.807) is 34.6 Å². The highest BCUT2D eigenvalue weighted by Crippen LogP contribution is 2.20. The number of ketones is 1. The highest BCUT2D eigenvalue weighted by atomic mass is 16.2. The Bertz CT molecular complexity index is 967. The van der Waals surface area contributed by atoms with E-state index in [0.717, 1.165) is 32.1 Å². The van der Waals surface area contributed by atoms with E-state index >= 15 is 0 Å². The molecular weight excluding hydrogens is 474 g/mol. The highest BCUT2D eigenvalue weighted by molar-refractivity contribution is 6.38. The summed E-state index contributed by atoms with van der Waals surface area (Å²) in [5, 5.41) is 10.8. The van der Waals surface area contributed by atoms with E-state index < -0.39 is 53.0 Å². The largest absolute Gasteiger partial charge is 0.347 e. The molecule has 1 saturated carbocycles. The van der Waals surface area contributed by atoms with Crippen LogP contribution < -0.4 is 21.3 Å². The highest BCUT2D eigenvalue weighted by Gasteiger charge is 2.36. The zero-order valence-corrected chi connectivity index (χ0v) is 22.7. The minimum absolute atomic E-state index is 0.0244. The molecule has 4 N–H and O–H groups in total. The van der Waals surface area contributed by atoms with Crippen molar-refractivity contribution in [2.45, 2.75) is 97.8 Å². The second-order valence-corrected chi connectivity index (χ2v) is 11.1. The average molecular weight is 516 g/mol. The number of carbonyl (C=O) groups is 5. The lowest BCUT2D eigenvalue weighted by Gasteiger charge is -2.31. The van der Waals surface area contributed by atoms with Gasteiger partial charge in [0.25, 0.3) is 11.8 Å². The lowest BCUT2D eigenvalue weighted by atomic mass is 9.85. The van der Waals surface area contributed by atoms with Crippen LogP contribution in [0.2, 0.25) is 0 Å². The zero-order chi connectivity index (χ0) is 27.8. The van der Waals surface area contributed by atoms with Gasteiger partial charge in [-0.15, -0.1) is 0 Å². The van der Waals surface area contributed by atoms with Crippen molar-refractivity contribution in [3.8, 4) is 0 Å². The van der Waals surface area contributed by atoms with Crippen molar-refractivity contribution < 1.29 is 24.0 Å². The molecule has 1 heterocycles. The van der Waals surface area contributed by atoms with Gasteiger partial charge in [-0.2, -0.15) is 0 Å². The van der Waals surface area contributed by atoms with Crippen molar-refractivity contribution >= 4 is 29.4 Å². The number of nitrogens with zero attached hydrogens (tertiary/aromatic N) is 1. The van der Waals surface area contributed by atoms with E-state index in [0.29, 0.717) is 5.56 Å². The summed E-state index contributed by atoms with van der Waals surface area (Å²) in [6.07, 6.45) is 7.79. The molecular formula is C27H41N5O5. The van der Waals surface area contributed by atoms with Crippen LogP contribution in [0.15, 0.2) is 24.5 Å². The minimum atomic E-state index is -1.03. The molecule has 1 aliphatic carbocycles. The van der Waals surface area contributed by atoms with Crippen molar-refractivity contribution in [3.63, 3.8) is 0 Å². The second kappa shape index (κ2) is 13.3. The third-order valence-corrected chi connectivity index (χ3v) is 6.51. The van der Waals surface area contributed by atoms with Crippen LogP contribution in [0.25, 0.3) is 0 Å². The summed E-state index contributed by atoms with van der Waals surface area (Å²) < 4.78 is 0. The Hall–Kier alpha value is -3.30. The molecule has 0 bridgehead atoms. The van der Waals surface area contributed by atoms with E-state index in [1.807, 2.05) is 0 Å². The molecule has 0 saturated heterocycles. The van der Waals surface area contributed by atoms with Crippen LogP contribution in [-0.4, -0.2) is 58.6 Å². The maximum absolute atomic E-state index is 13.1. The monoisotopic (exact) mass is 515 g/mol. The lowest BCUT2D eigenvalue weighted by Crippen LogP contribution is -2.59. The first-order valence-corrected chi connectivity index (χ1v) is 13.0. The Morgan fingerprint density at radius 2 is 1.46 bits per heavy atom. The van der Waals surface area contributed by atoms with Crippen molar-refractivity contribution in [2.75, 3.05) is 0 Å². The summed E-state index contributed by atoms with van der Waals surface area (Å²) in [7, 11) is 0. The summed E-state index contributed by atoms with van der Waals surface area (Å²) in [5.74, 6) is -3.32. The van der Waals surface area contributed by atoms with E-state index in [2.05, 4.69) is 26.3 Å². The summed E-state index contributed by atoms with van der Waals surface area (Å²) in [4.78, 5) is 68.0. The fourth-order valence-electron chi connectivity index (χ4n) is 4.21. The van der Waals surface area contributed by atoms with Crippen molar-refractivity contribution in [3.05, 3.63) is 30.1 Å². The van der Waals surface area contributed by atoms with Crippen molar-refractivity contribution in [2.24, 2.45) is 11.3 Å². The number of hydrogen-bond donors (Lipinski definition) is 4. The molecule has 0 radical (unpaired) electrons. The average Bonchev–Trinajstić information content (AvgIpc) is 2.85. The summed E-state index contributed by atoms with van der Waals surface area (Å²) in [5.41, 5.74) is -0.302. The number of carbonyl (C=O) groups excluding carboxylic acids is 5. The number of amides is 4. The van der Waals surface area contributed by atoms with E-state index in [9.17, 15) is 24.0 Å². The van der Waals surface area contributed by atoms with Gasteiger partial charge in [-0.25, -0.2) is 0 Å². The number of Topliss-reactive ketones (excluding diaryl/α,β-unsaturated/α-hetero) is 1. The molecule has 10 heteroatoms.